The van der Waals surface area contributed by atoms with E-state index in [1.54, 1.807) is 11.5 Å². The molecule has 5 rings (SSSR count). The van der Waals surface area contributed by atoms with Crippen molar-refractivity contribution in [2.45, 2.75) is 20.0 Å². The standard InChI is InChI=1S/C24H22N8O4/c1-14-25-22-20(23(34)32(13-19(33)36-3)24(35)30(22)2)31(14)12-15-8-10-16(11-9-15)17-6-4-5-7-18(17)21-26-28-29-27-21/h4-11H,12-13H2,1-3H3,(H,26,27,28,29). The molecule has 12 heteroatoms. The molecule has 5 aromatic rings. The van der Waals surface area contributed by atoms with Crippen molar-refractivity contribution in [1.29, 1.82) is 0 Å². The minimum absolute atomic E-state index is 0.241. The second-order valence-corrected chi connectivity index (χ2v) is 8.20. The number of nitrogens with one attached hydrogen (secondary N) is 1. The van der Waals surface area contributed by atoms with Crippen LogP contribution in [0.5, 0.6) is 0 Å². The molecule has 0 radical (unpaired) electrons. The number of hydrogen-bond acceptors (Lipinski definition) is 8. The fraction of sp³-hybridized carbons (Fsp3) is 0.208. The molecule has 0 amide bonds. The van der Waals surface area contributed by atoms with E-state index in [9.17, 15) is 14.4 Å². The summed E-state index contributed by atoms with van der Waals surface area (Å²) in [6.45, 7) is 1.64. The Labute approximate surface area is 203 Å². The van der Waals surface area contributed by atoms with Gasteiger partial charge in [-0.3, -0.25) is 14.2 Å². The maximum Gasteiger partial charge on any atom is 0.333 e. The number of carbonyl (C=O) groups is 1. The Kier molecular flexibility index (Phi) is 5.76. The SMILES string of the molecule is COC(=O)Cn1c(=O)c2c(nc(C)n2Cc2ccc(-c3ccccc3-c3nn[nH]n3)cc2)n(C)c1=O. The van der Waals surface area contributed by atoms with Gasteiger partial charge in [0.2, 0.25) is 5.82 Å². The van der Waals surface area contributed by atoms with Gasteiger partial charge in [-0.1, -0.05) is 48.5 Å². The molecule has 36 heavy (non-hydrogen) atoms. The van der Waals surface area contributed by atoms with Gasteiger partial charge in [0.25, 0.3) is 5.56 Å². The Morgan fingerprint density at radius 1 is 1.03 bits per heavy atom. The quantitative estimate of drug-likeness (QED) is 0.354. The van der Waals surface area contributed by atoms with Crippen LogP contribution in [0.2, 0.25) is 0 Å². The van der Waals surface area contributed by atoms with Crippen molar-refractivity contribution in [2.75, 3.05) is 7.11 Å². The molecule has 3 heterocycles. The number of imidazole rings is 1. The molecule has 0 fully saturated rings. The fourth-order valence-electron chi connectivity index (χ4n) is 4.18. The zero-order chi connectivity index (χ0) is 25.4. The lowest BCUT2D eigenvalue weighted by atomic mass is 9.98. The zero-order valence-corrected chi connectivity index (χ0v) is 19.8. The van der Waals surface area contributed by atoms with E-state index in [1.807, 2.05) is 48.5 Å². The summed E-state index contributed by atoms with van der Waals surface area (Å²) in [6, 6.07) is 15.7. The fourth-order valence-corrected chi connectivity index (χ4v) is 4.18. The second-order valence-electron chi connectivity index (χ2n) is 8.20. The minimum atomic E-state index is -0.687. The van der Waals surface area contributed by atoms with Crippen molar-refractivity contribution in [2.24, 2.45) is 7.05 Å². The molecule has 0 atom stereocenters. The third-order valence-corrected chi connectivity index (χ3v) is 6.06. The minimum Gasteiger partial charge on any atom is -0.468 e. The van der Waals surface area contributed by atoms with Crippen molar-refractivity contribution in [1.82, 2.24) is 39.3 Å². The Balaban J connectivity index is 1.54. The molecule has 1 N–H and O–H groups in total. The van der Waals surface area contributed by atoms with Crippen molar-refractivity contribution >= 4 is 17.1 Å². The molecule has 0 saturated carbocycles. The molecule has 3 aromatic heterocycles. The van der Waals surface area contributed by atoms with Crippen LogP contribution in [0.1, 0.15) is 11.4 Å². The number of esters is 1. The Hall–Kier alpha value is -4.87. The number of tetrazole rings is 1. The van der Waals surface area contributed by atoms with Crippen LogP contribution >= 0.6 is 0 Å². The molecular formula is C24H22N8O4. The smallest absolute Gasteiger partial charge is 0.333 e. The lowest BCUT2D eigenvalue weighted by Gasteiger charge is -2.11. The molecule has 0 spiro atoms. The molecule has 0 bridgehead atoms. The van der Waals surface area contributed by atoms with E-state index < -0.39 is 23.8 Å². The van der Waals surface area contributed by atoms with Gasteiger partial charge in [-0.2, -0.15) is 5.21 Å². The molecule has 0 unspecified atom stereocenters. The van der Waals surface area contributed by atoms with Crippen molar-refractivity contribution < 1.29 is 9.53 Å². The van der Waals surface area contributed by atoms with Crippen LogP contribution < -0.4 is 11.2 Å². The summed E-state index contributed by atoms with van der Waals surface area (Å²) in [7, 11) is 2.72. The van der Waals surface area contributed by atoms with Crippen LogP contribution in [-0.4, -0.2) is 52.4 Å². The first kappa shape index (κ1) is 22.9. The van der Waals surface area contributed by atoms with Gasteiger partial charge in [0.1, 0.15) is 12.4 Å². The normalized spacial score (nSPS) is 11.2. The third kappa shape index (κ3) is 3.87. The van der Waals surface area contributed by atoms with Gasteiger partial charge in [0.15, 0.2) is 11.2 Å². The largest absolute Gasteiger partial charge is 0.468 e. The molecule has 0 aliphatic rings. The van der Waals surface area contributed by atoms with Crippen molar-refractivity contribution in [3.05, 3.63) is 80.8 Å². The molecular weight excluding hydrogens is 464 g/mol. The van der Waals surface area contributed by atoms with Gasteiger partial charge < -0.3 is 9.30 Å². The number of benzene rings is 2. The average Bonchev–Trinajstić information content (AvgIpc) is 3.54. The summed E-state index contributed by atoms with van der Waals surface area (Å²) in [6.07, 6.45) is 0. The highest BCUT2D eigenvalue weighted by atomic mass is 16.5. The molecule has 12 nitrogen and oxygen atoms in total. The number of methoxy groups -OCH3 is 1. The van der Waals surface area contributed by atoms with Crippen LogP contribution in [0.3, 0.4) is 0 Å². The summed E-state index contributed by atoms with van der Waals surface area (Å²) in [4.78, 5) is 42.1. The summed E-state index contributed by atoms with van der Waals surface area (Å²) in [5.41, 5.74) is 2.97. The second kappa shape index (κ2) is 9.06. The number of rotatable bonds is 6. The van der Waals surface area contributed by atoms with Gasteiger partial charge in [-0.05, 0) is 28.8 Å². The summed E-state index contributed by atoms with van der Waals surface area (Å²) >= 11 is 0. The number of nitrogens with zero attached hydrogens (tertiary/aromatic N) is 7. The summed E-state index contributed by atoms with van der Waals surface area (Å²) < 4.78 is 8.52. The zero-order valence-electron chi connectivity index (χ0n) is 19.8. The van der Waals surface area contributed by atoms with Crippen molar-refractivity contribution in [3.63, 3.8) is 0 Å². The number of aryl methyl sites for hydroxylation is 2. The number of carbonyl (C=O) groups excluding carboxylic acids is 1. The lowest BCUT2D eigenvalue weighted by molar-refractivity contribution is -0.141. The molecule has 2 aromatic carbocycles. The Bertz CT molecular complexity index is 1700. The van der Waals surface area contributed by atoms with E-state index in [0.29, 0.717) is 18.2 Å². The van der Waals surface area contributed by atoms with Gasteiger partial charge >= 0.3 is 11.7 Å². The van der Waals surface area contributed by atoms with Gasteiger partial charge in [-0.25, -0.2) is 14.3 Å². The van der Waals surface area contributed by atoms with E-state index in [4.69, 9.17) is 0 Å². The van der Waals surface area contributed by atoms with Crippen LogP contribution in [0, 0.1) is 6.92 Å². The highest BCUT2D eigenvalue weighted by molar-refractivity contribution is 5.80. The Morgan fingerprint density at radius 2 is 1.75 bits per heavy atom. The molecule has 0 aliphatic heterocycles. The Morgan fingerprint density at radius 3 is 2.42 bits per heavy atom. The van der Waals surface area contributed by atoms with Gasteiger partial charge in [0, 0.05) is 19.2 Å². The highest BCUT2D eigenvalue weighted by Crippen LogP contribution is 2.30. The highest BCUT2D eigenvalue weighted by Gasteiger charge is 2.20. The van der Waals surface area contributed by atoms with Crippen LogP contribution in [-0.2, 0) is 29.7 Å². The average molecular weight is 486 g/mol. The summed E-state index contributed by atoms with van der Waals surface area (Å²) in [5, 5.41) is 14.3. The maximum atomic E-state index is 13.2. The van der Waals surface area contributed by atoms with Crippen LogP contribution in [0.25, 0.3) is 33.7 Å². The van der Waals surface area contributed by atoms with Gasteiger partial charge in [0.05, 0.1) is 7.11 Å². The van der Waals surface area contributed by atoms with Crippen LogP contribution in [0.15, 0.2) is 58.1 Å². The topological polar surface area (TPSA) is 143 Å². The monoisotopic (exact) mass is 486 g/mol. The maximum absolute atomic E-state index is 13.2. The number of fused-ring (bicyclic) bond motifs is 1. The predicted molar refractivity (Wildman–Crippen MR) is 130 cm³/mol. The summed E-state index contributed by atoms with van der Waals surface area (Å²) in [5.74, 6) is 0.386. The van der Waals surface area contributed by atoms with Crippen LogP contribution in [0.4, 0.5) is 0 Å². The van der Waals surface area contributed by atoms with Crippen molar-refractivity contribution in [3.8, 4) is 22.5 Å². The van der Waals surface area contributed by atoms with Gasteiger partial charge in [-0.15, -0.1) is 10.2 Å². The first-order chi connectivity index (χ1) is 17.4. The van der Waals surface area contributed by atoms with E-state index in [0.717, 1.165) is 26.8 Å². The molecule has 182 valence electrons. The lowest BCUT2D eigenvalue weighted by Crippen LogP contribution is -2.41. The number of ether oxygens (including phenoxy) is 1. The first-order valence-electron chi connectivity index (χ1n) is 11.0. The third-order valence-electron chi connectivity index (χ3n) is 6.06. The van der Waals surface area contributed by atoms with E-state index in [1.165, 1.54) is 18.7 Å². The number of aromatic nitrogens is 8. The predicted octanol–water partition coefficient (Wildman–Crippen LogP) is 1.27. The van der Waals surface area contributed by atoms with E-state index in [-0.39, 0.29) is 11.2 Å². The number of aromatic amines is 1. The number of H-pyrrole nitrogens is 1. The molecule has 0 saturated heterocycles. The number of hydrogen-bond donors (Lipinski definition) is 1. The van der Waals surface area contributed by atoms with E-state index >= 15 is 0 Å². The first-order valence-corrected chi connectivity index (χ1v) is 11.0. The van der Waals surface area contributed by atoms with E-state index in [2.05, 4.69) is 30.3 Å². The molecule has 0 aliphatic carbocycles.